The lowest BCUT2D eigenvalue weighted by atomic mass is 10.1. The van der Waals surface area contributed by atoms with Crippen LogP contribution in [-0.2, 0) is 24.3 Å². The molecule has 152 valence electrons. The molecule has 0 atom stereocenters. The number of ether oxygens (including phenoxy) is 1. The molecule has 1 N–H and O–H groups in total. The van der Waals surface area contributed by atoms with Crippen molar-refractivity contribution in [3.8, 4) is 5.69 Å². The average molecular weight is 412 g/mol. The van der Waals surface area contributed by atoms with Crippen LogP contribution in [-0.4, -0.2) is 21.8 Å². The first kappa shape index (κ1) is 21.1. The predicted molar refractivity (Wildman–Crippen MR) is 115 cm³/mol. The third-order valence-corrected chi connectivity index (χ3v) is 4.87. The summed E-state index contributed by atoms with van der Waals surface area (Å²) in [6.45, 7) is 6.98. The second-order valence-corrected chi connectivity index (χ2v) is 7.50. The molecule has 0 saturated carbocycles. The van der Waals surface area contributed by atoms with Crippen LogP contribution in [0.1, 0.15) is 48.0 Å². The van der Waals surface area contributed by atoms with Crippen molar-refractivity contribution in [1.29, 1.82) is 0 Å². The Hall–Kier alpha value is -2.63. The molecular formula is C23H26ClN3O2. The lowest BCUT2D eigenvalue weighted by Crippen LogP contribution is -2.24. The van der Waals surface area contributed by atoms with Crippen LogP contribution in [0, 0.1) is 0 Å². The van der Waals surface area contributed by atoms with Gasteiger partial charge in [0.25, 0.3) is 5.91 Å². The molecule has 0 spiro atoms. The van der Waals surface area contributed by atoms with Gasteiger partial charge in [0.15, 0.2) is 0 Å². The Balaban J connectivity index is 1.76. The van der Waals surface area contributed by atoms with Crippen molar-refractivity contribution in [3.63, 3.8) is 0 Å². The zero-order chi connectivity index (χ0) is 20.8. The summed E-state index contributed by atoms with van der Waals surface area (Å²) in [6.07, 6.45) is 2.44. The first-order valence-corrected chi connectivity index (χ1v) is 10.2. The Bertz CT molecular complexity index is 982. The SMILES string of the molecule is CCc1c(C(=O)NCc2ccccc2COC(C)C)cnn1-c1cccc(Cl)c1. The minimum absolute atomic E-state index is 0.144. The fraction of sp³-hybridized carbons (Fsp3) is 0.304. The minimum Gasteiger partial charge on any atom is -0.374 e. The van der Waals surface area contributed by atoms with Gasteiger partial charge in [0.05, 0.1) is 35.9 Å². The summed E-state index contributed by atoms with van der Waals surface area (Å²) in [5.74, 6) is -0.144. The van der Waals surface area contributed by atoms with Crippen molar-refractivity contribution >= 4 is 17.5 Å². The van der Waals surface area contributed by atoms with Gasteiger partial charge in [0.2, 0.25) is 0 Å². The number of benzene rings is 2. The smallest absolute Gasteiger partial charge is 0.255 e. The lowest BCUT2D eigenvalue weighted by molar-refractivity contribution is 0.0651. The van der Waals surface area contributed by atoms with Crippen LogP contribution in [0.3, 0.4) is 0 Å². The van der Waals surface area contributed by atoms with Crippen LogP contribution in [0.5, 0.6) is 0 Å². The molecule has 0 bridgehead atoms. The molecule has 1 amide bonds. The van der Waals surface area contributed by atoms with E-state index in [9.17, 15) is 4.79 Å². The lowest BCUT2D eigenvalue weighted by Gasteiger charge is -2.13. The van der Waals surface area contributed by atoms with Crippen LogP contribution in [0.4, 0.5) is 0 Å². The molecule has 3 rings (SSSR count). The third-order valence-electron chi connectivity index (χ3n) is 4.63. The molecule has 0 aliphatic carbocycles. The van der Waals surface area contributed by atoms with Crippen molar-refractivity contribution in [2.24, 2.45) is 0 Å². The quantitative estimate of drug-likeness (QED) is 0.571. The maximum absolute atomic E-state index is 12.9. The molecule has 29 heavy (non-hydrogen) atoms. The Morgan fingerprint density at radius 2 is 1.93 bits per heavy atom. The molecule has 0 aliphatic rings. The van der Waals surface area contributed by atoms with E-state index < -0.39 is 0 Å². The van der Waals surface area contributed by atoms with Crippen molar-refractivity contribution in [1.82, 2.24) is 15.1 Å². The third kappa shape index (κ3) is 5.25. The van der Waals surface area contributed by atoms with E-state index in [1.165, 1.54) is 0 Å². The van der Waals surface area contributed by atoms with Gasteiger partial charge >= 0.3 is 0 Å². The molecule has 1 aromatic heterocycles. The minimum atomic E-state index is -0.144. The summed E-state index contributed by atoms with van der Waals surface area (Å²) in [6, 6.07) is 15.4. The topological polar surface area (TPSA) is 56.1 Å². The van der Waals surface area contributed by atoms with Crippen LogP contribution in [0.25, 0.3) is 5.69 Å². The number of aromatic nitrogens is 2. The van der Waals surface area contributed by atoms with Gasteiger partial charge in [-0.1, -0.05) is 48.9 Å². The van der Waals surface area contributed by atoms with E-state index in [-0.39, 0.29) is 12.0 Å². The highest BCUT2D eigenvalue weighted by molar-refractivity contribution is 6.30. The molecule has 1 heterocycles. The van der Waals surface area contributed by atoms with Gasteiger partial charge in [-0.15, -0.1) is 0 Å². The van der Waals surface area contributed by atoms with Crippen molar-refractivity contribution < 1.29 is 9.53 Å². The van der Waals surface area contributed by atoms with E-state index in [1.54, 1.807) is 10.9 Å². The molecule has 0 saturated heterocycles. The molecule has 5 nitrogen and oxygen atoms in total. The van der Waals surface area contributed by atoms with E-state index in [4.69, 9.17) is 16.3 Å². The zero-order valence-corrected chi connectivity index (χ0v) is 17.7. The number of amides is 1. The first-order valence-electron chi connectivity index (χ1n) is 9.79. The standard InChI is InChI=1S/C23H26ClN3O2/c1-4-22-21(14-26-27(22)20-11-7-10-19(24)12-20)23(28)25-13-17-8-5-6-9-18(17)15-29-16(2)3/h5-12,14,16H,4,13,15H2,1-3H3,(H,25,28). The molecule has 0 aliphatic heterocycles. The second kappa shape index (κ2) is 9.72. The number of halogens is 1. The molecule has 0 fully saturated rings. The van der Waals surface area contributed by atoms with Crippen LogP contribution < -0.4 is 5.32 Å². The summed E-state index contributed by atoms with van der Waals surface area (Å²) in [5, 5.41) is 8.07. The molecule has 0 unspecified atom stereocenters. The maximum atomic E-state index is 12.9. The highest BCUT2D eigenvalue weighted by atomic mass is 35.5. The summed E-state index contributed by atoms with van der Waals surface area (Å²) < 4.78 is 7.49. The van der Waals surface area contributed by atoms with E-state index >= 15 is 0 Å². The molecule has 2 aromatic carbocycles. The van der Waals surface area contributed by atoms with E-state index in [0.717, 1.165) is 22.5 Å². The van der Waals surface area contributed by atoms with E-state index in [0.29, 0.717) is 30.2 Å². The largest absolute Gasteiger partial charge is 0.374 e. The molecule has 6 heteroatoms. The fourth-order valence-electron chi connectivity index (χ4n) is 3.13. The maximum Gasteiger partial charge on any atom is 0.255 e. The highest BCUT2D eigenvalue weighted by Gasteiger charge is 2.17. The van der Waals surface area contributed by atoms with Crippen LogP contribution in [0.2, 0.25) is 5.02 Å². The Labute approximate surface area is 176 Å². The number of hydrogen-bond acceptors (Lipinski definition) is 3. The second-order valence-electron chi connectivity index (χ2n) is 7.06. The molecule has 3 aromatic rings. The summed E-state index contributed by atoms with van der Waals surface area (Å²) >= 11 is 6.11. The van der Waals surface area contributed by atoms with Crippen molar-refractivity contribution in [2.75, 3.05) is 0 Å². The Morgan fingerprint density at radius 3 is 2.62 bits per heavy atom. The van der Waals surface area contributed by atoms with Gasteiger partial charge in [-0.3, -0.25) is 4.79 Å². The number of carbonyl (C=O) groups is 1. The van der Waals surface area contributed by atoms with Gasteiger partial charge < -0.3 is 10.1 Å². The number of nitrogens with one attached hydrogen (secondary N) is 1. The van der Waals surface area contributed by atoms with Crippen molar-refractivity contribution in [2.45, 2.75) is 46.4 Å². The Morgan fingerprint density at radius 1 is 1.17 bits per heavy atom. The molecule has 0 radical (unpaired) electrons. The summed E-state index contributed by atoms with van der Waals surface area (Å²) in [4.78, 5) is 12.9. The van der Waals surface area contributed by atoms with E-state index in [1.807, 2.05) is 69.3 Å². The van der Waals surface area contributed by atoms with Gasteiger partial charge in [-0.05, 0) is 49.6 Å². The number of nitrogens with zero attached hydrogens (tertiary/aromatic N) is 2. The number of rotatable bonds is 8. The Kier molecular flexibility index (Phi) is 7.07. The zero-order valence-electron chi connectivity index (χ0n) is 17.0. The monoisotopic (exact) mass is 411 g/mol. The summed E-state index contributed by atoms with van der Waals surface area (Å²) in [5.41, 5.74) is 4.38. The normalized spacial score (nSPS) is 11.1. The van der Waals surface area contributed by atoms with Gasteiger partial charge in [-0.25, -0.2) is 4.68 Å². The average Bonchev–Trinajstić information content (AvgIpc) is 3.15. The van der Waals surface area contributed by atoms with Gasteiger partial charge in [-0.2, -0.15) is 5.10 Å². The first-order chi connectivity index (χ1) is 14.0. The molecular weight excluding hydrogens is 386 g/mol. The van der Waals surface area contributed by atoms with Gasteiger partial charge in [0, 0.05) is 11.6 Å². The van der Waals surface area contributed by atoms with E-state index in [2.05, 4.69) is 10.4 Å². The summed E-state index contributed by atoms with van der Waals surface area (Å²) in [7, 11) is 0. The highest BCUT2D eigenvalue weighted by Crippen LogP contribution is 2.19. The number of hydrogen-bond donors (Lipinski definition) is 1. The van der Waals surface area contributed by atoms with Crippen molar-refractivity contribution in [3.05, 3.63) is 82.1 Å². The van der Waals surface area contributed by atoms with Crippen LogP contribution in [0.15, 0.2) is 54.7 Å². The predicted octanol–water partition coefficient (Wildman–Crippen LogP) is 4.94. The van der Waals surface area contributed by atoms with Crippen LogP contribution >= 0.6 is 11.6 Å². The van der Waals surface area contributed by atoms with Gasteiger partial charge in [0.1, 0.15) is 0 Å². The fourth-order valence-corrected chi connectivity index (χ4v) is 3.32. The number of carbonyl (C=O) groups excluding carboxylic acids is 1.